The van der Waals surface area contributed by atoms with Gasteiger partial charge in [-0.1, -0.05) is 81.4 Å². The number of hydrogen-bond donors (Lipinski definition) is 3. The smallest absolute Gasteiger partial charge is 0.426 e. The van der Waals surface area contributed by atoms with E-state index in [1.807, 2.05) is 6.92 Å². The molecule has 0 fully saturated rings. The molecule has 4 amide bonds. The number of halogens is 6. The van der Waals surface area contributed by atoms with E-state index in [4.69, 9.17) is 51.2 Å². The molecule has 4 heterocycles. The molecule has 0 saturated carbocycles. The van der Waals surface area contributed by atoms with E-state index < -0.39 is 170 Å². The topological polar surface area (TPSA) is 322 Å². The Morgan fingerprint density at radius 3 is 1.13 bits per heavy atom. The minimum Gasteiger partial charge on any atom is -0.443 e. The Kier molecular flexibility index (Phi) is 29.0. The van der Waals surface area contributed by atoms with Crippen LogP contribution in [0.25, 0.3) is 23.2 Å². The van der Waals surface area contributed by atoms with Gasteiger partial charge in [0.15, 0.2) is 8.32 Å². The number of anilines is 2. The van der Waals surface area contributed by atoms with Gasteiger partial charge in [0.2, 0.25) is 11.2 Å². The van der Waals surface area contributed by atoms with Crippen LogP contribution in [0.15, 0.2) is 91.2 Å². The zero-order valence-corrected chi connectivity index (χ0v) is 64.5. The Hall–Kier alpha value is -8.34. The molecule has 2 aromatic carbocycles. The predicted octanol–water partition coefficient (Wildman–Crippen LogP) is 16.2. The van der Waals surface area contributed by atoms with Crippen molar-refractivity contribution in [3.63, 3.8) is 0 Å². The monoisotopic (exact) mass is 1510 g/mol. The maximum Gasteiger partial charge on any atom is 0.426 e. The van der Waals surface area contributed by atoms with Gasteiger partial charge in [-0.25, -0.2) is 19.2 Å². The fraction of sp³-hybridized carbons (Fsp3) is 0.583. The van der Waals surface area contributed by atoms with Crippen molar-refractivity contribution in [1.82, 2.24) is 30.4 Å². The first-order chi connectivity index (χ1) is 48.2. The molecule has 2 unspecified atom stereocenters. The van der Waals surface area contributed by atoms with Gasteiger partial charge in [-0.05, 0) is 165 Å². The molecule has 0 radical (unpaired) electrons. The fourth-order valence-electron chi connectivity index (χ4n) is 9.27. The minimum atomic E-state index is -5.14. The molecule has 3 N–H and O–H groups in total. The summed E-state index contributed by atoms with van der Waals surface area (Å²) >= 11 is 0. The number of aryl methyl sites for hydroxylation is 2. The van der Waals surface area contributed by atoms with Gasteiger partial charge in [-0.2, -0.15) is 36.1 Å². The number of imide groups is 2. The van der Waals surface area contributed by atoms with Crippen molar-refractivity contribution < 1.29 is 102 Å². The number of carbonyl (C=O) groups excluding carboxylic acids is 4. The van der Waals surface area contributed by atoms with E-state index in [0.717, 1.165) is 6.07 Å². The standard InChI is InChI=1S/C39H57F3N4O9Si.C33H43F3N4O9/c1-25-23-28(46(33(48)53-35(3,4)5)34(49)54-36(6,7)8)29(43-30(25)47)31-44-45-32(52-31)38(39(40,41)42,51-24-27-17-15-14-16-18-27)20-22-50-21-19-26(2)55-56(12,13)37(9,10)11;1-20-18-23(40(28(43)48-30(3,4)5)29(44)49-31(6,7)8)24(37-25(20)42)26-38-39-27(47-26)32(33(34,35)36,15-17-45-16-14-21(2)41)46-19-22-12-10-9-11-13-22/h14-18,23,26H,19-22,24H2,1-13H3,(H,43,47);9-13,18,21,41H,14-17,19H2,1-8H3,(H,37,42)/t26-,38?;21-,32?/m00/s1. The number of H-pyrrole nitrogens is 2. The van der Waals surface area contributed by atoms with Gasteiger partial charge < -0.3 is 66.2 Å². The second-order valence-electron chi connectivity index (χ2n) is 30.5. The number of benzene rings is 2. The summed E-state index contributed by atoms with van der Waals surface area (Å²) in [5, 5.41) is 24.7. The highest BCUT2D eigenvalue weighted by atomic mass is 28.4. The van der Waals surface area contributed by atoms with Crippen LogP contribution in [0.5, 0.6) is 0 Å². The predicted molar refractivity (Wildman–Crippen MR) is 378 cm³/mol. The molecule has 0 spiro atoms. The first-order valence-corrected chi connectivity index (χ1v) is 36.8. The molecule has 105 heavy (non-hydrogen) atoms. The van der Waals surface area contributed by atoms with Crippen molar-refractivity contribution in [1.29, 1.82) is 0 Å². The molecule has 6 aromatic rings. The lowest BCUT2D eigenvalue weighted by atomic mass is 9.98. The van der Waals surface area contributed by atoms with Crippen LogP contribution >= 0.6 is 0 Å². The number of amides is 4. The van der Waals surface area contributed by atoms with E-state index in [-0.39, 0.29) is 53.3 Å². The second-order valence-corrected chi connectivity index (χ2v) is 35.3. The zero-order chi connectivity index (χ0) is 79.3. The van der Waals surface area contributed by atoms with Crippen molar-refractivity contribution in [2.45, 2.75) is 247 Å². The largest absolute Gasteiger partial charge is 0.443 e. The lowest BCUT2D eigenvalue weighted by Crippen LogP contribution is -2.46. The number of aliphatic hydroxyl groups excluding tert-OH is 1. The third-order valence-electron chi connectivity index (χ3n) is 15.6. The Bertz CT molecular complexity index is 3920. The van der Waals surface area contributed by atoms with Crippen molar-refractivity contribution >= 4 is 44.1 Å². The van der Waals surface area contributed by atoms with Gasteiger partial charge in [-0.3, -0.25) is 9.59 Å². The lowest BCUT2D eigenvalue weighted by Gasteiger charge is -2.38. The zero-order valence-electron chi connectivity index (χ0n) is 63.5. The van der Waals surface area contributed by atoms with Gasteiger partial charge in [-0.15, -0.1) is 20.4 Å². The molecule has 33 heteroatoms. The van der Waals surface area contributed by atoms with Crippen LogP contribution in [0.1, 0.15) is 177 Å². The van der Waals surface area contributed by atoms with Gasteiger partial charge in [0.25, 0.3) is 34.7 Å². The molecule has 582 valence electrons. The number of rotatable bonds is 26. The van der Waals surface area contributed by atoms with Crippen LogP contribution in [0, 0.1) is 13.8 Å². The molecular formula is C72H100F6N8O18Si. The number of alkyl halides is 6. The first kappa shape index (κ1) is 87.3. The van der Waals surface area contributed by atoms with Crippen molar-refractivity contribution in [2.24, 2.45) is 0 Å². The normalized spacial score (nSPS) is 14.4. The van der Waals surface area contributed by atoms with Crippen LogP contribution in [-0.4, -0.2) is 142 Å². The van der Waals surface area contributed by atoms with Gasteiger partial charge in [0.05, 0.1) is 43.9 Å². The average Bonchev–Trinajstić information content (AvgIpc) is 1.65. The van der Waals surface area contributed by atoms with Crippen molar-refractivity contribution in [3.8, 4) is 23.2 Å². The number of nitrogens with zero attached hydrogens (tertiary/aromatic N) is 6. The molecule has 0 aliphatic carbocycles. The molecule has 0 aliphatic heterocycles. The third-order valence-corrected chi connectivity index (χ3v) is 20.2. The highest BCUT2D eigenvalue weighted by molar-refractivity contribution is 6.74. The molecule has 4 atom stereocenters. The van der Waals surface area contributed by atoms with Crippen LogP contribution in [0.3, 0.4) is 0 Å². The molecular weight excluding hydrogens is 1410 g/mol. The highest BCUT2D eigenvalue weighted by Crippen LogP contribution is 2.48. The molecule has 6 rings (SSSR count). The summed E-state index contributed by atoms with van der Waals surface area (Å²) in [6.07, 6.45) is -17.0. The molecule has 0 bridgehead atoms. The van der Waals surface area contributed by atoms with E-state index >= 15 is 26.3 Å². The number of aromatic amines is 2. The highest BCUT2D eigenvalue weighted by Gasteiger charge is 2.63. The van der Waals surface area contributed by atoms with E-state index in [0.29, 0.717) is 27.3 Å². The molecule has 0 aliphatic rings. The van der Waals surface area contributed by atoms with Gasteiger partial charge >= 0.3 is 36.7 Å². The van der Waals surface area contributed by atoms with E-state index in [1.54, 1.807) is 144 Å². The van der Waals surface area contributed by atoms with E-state index in [9.17, 15) is 33.9 Å². The quantitative estimate of drug-likeness (QED) is 0.0197. The van der Waals surface area contributed by atoms with E-state index in [1.165, 1.54) is 26.8 Å². The summed E-state index contributed by atoms with van der Waals surface area (Å²) < 4.78 is 154. The Morgan fingerprint density at radius 2 is 0.838 bits per heavy atom. The molecule has 0 saturated heterocycles. The summed E-state index contributed by atoms with van der Waals surface area (Å²) in [6, 6.07) is 18.7. The fourth-order valence-corrected chi connectivity index (χ4v) is 10.8. The Morgan fingerprint density at radius 1 is 0.514 bits per heavy atom. The second kappa shape index (κ2) is 34.9. The number of hydrogen-bond acceptors (Lipinski definition) is 22. The maximum absolute atomic E-state index is 15.4. The third kappa shape index (κ3) is 24.9. The van der Waals surface area contributed by atoms with Gasteiger partial charge in [0, 0.05) is 43.3 Å². The number of nitrogens with one attached hydrogen (secondary N) is 2. The Labute approximate surface area is 607 Å². The SMILES string of the molecule is Cc1cc(N(C(=O)OC(C)(C)C)C(=O)OC(C)(C)C)c(-c2nnc(C(CCOCC[C@H](C)O)(OCc3ccccc3)C(F)(F)F)o2)[nH]c1=O.Cc1cc(N(C(=O)OC(C)(C)C)C(=O)OC(C)(C)C)c(-c2nnc(C(CCOCC[C@H](C)O[Si](C)(C)C(C)(C)C)(OCc3ccccc3)C(F)(F)F)o2)[nH]c1=O. The van der Waals surface area contributed by atoms with Crippen LogP contribution in [0.4, 0.5) is 56.9 Å². The van der Waals surface area contributed by atoms with E-state index in [2.05, 4.69) is 64.2 Å². The van der Waals surface area contributed by atoms with Crippen LogP contribution < -0.4 is 20.9 Å². The van der Waals surface area contributed by atoms with Crippen LogP contribution in [-0.2, 0) is 66.7 Å². The maximum atomic E-state index is 15.4. The molecule has 4 aromatic heterocycles. The summed E-state index contributed by atoms with van der Waals surface area (Å²) in [7, 11) is -2.08. The summed E-state index contributed by atoms with van der Waals surface area (Å²) in [6.45, 7) is 33.7. The van der Waals surface area contributed by atoms with Crippen molar-refractivity contribution in [3.05, 3.63) is 128 Å². The minimum absolute atomic E-state index is 0.0242. The van der Waals surface area contributed by atoms with Gasteiger partial charge in [0.1, 0.15) is 33.8 Å². The number of pyridine rings is 2. The summed E-state index contributed by atoms with van der Waals surface area (Å²) in [5.74, 6) is -3.36. The number of carbonyl (C=O) groups is 4. The number of ether oxygens (including phenoxy) is 8. The number of aromatic nitrogens is 6. The average molecular weight is 1510 g/mol. The van der Waals surface area contributed by atoms with Crippen LogP contribution in [0.2, 0.25) is 18.1 Å². The Balaban J connectivity index is 0.000000380. The summed E-state index contributed by atoms with van der Waals surface area (Å²) in [5.41, 5.74) is -12.9. The lowest BCUT2D eigenvalue weighted by molar-refractivity contribution is -0.302. The van der Waals surface area contributed by atoms with Crippen molar-refractivity contribution in [2.75, 3.05) is 36.2 Å². The summed E-state index contributed by atoms with van der Waals surface area (Å²) in [4.78, 5) is 85.7. The molecule has 26 nitrogen and oxygen atoms in total. The first-order valence-electron chi connectivity index (χ1n) is 33.9. The number of aliphatic hydroxyl groups is 1.